The van der Waals surface area contributed by atoms with Crippen LogP contribution in [0.1, 0.15) is 51.4 Å². The second-order valence-electron chi connectivity index (χ2n) is 4.82. The Kier molecular flexibility index (Phi) is 6.98. The van der Waals surface area contributed by atoms with Gasteiger partial charge in [0.15, 0.2) is 0 Å². The first kappa shape index (κ1) is 12.9. The van der Waals surface area contributed by atoms with E-state index in [1.165, 1.54) is 51.4 Å². The van der Waals surface area contributed by atoms with E-state index in [0.717, 1.165) is 25.0 Å². The van der Waals surface area contributed by atoms with Crippen LogP contribution < -0.4 is 0 Å². The molecule has 2 aliphatic rings. The molecule has 90 valence electrons. The highest BCUT2D eigenvalue weighted by Crippen LogP contribution is 2.31. The first-order valence-corrected chi connectivity index (χ1v) is 6.23. The van der Waals surface area contributed by atoms with Crippen LogP contribution in [0.3, 0.4) is 0 Å². The molecule has 0 aromatic rings. The summed E-state index contributed by atoms with van der Waals surface area (Å²) in [6.07, 6.45) is 11.6. The van der Waals surface area contributed by atoms with E-state index < -0.39 is 0 Å². The highest BCUT2D eigenvalue weighted by Gasteiger charge is 2.20. The van der Waals surface area contributed by atoms with Crippen LogP contribution in [0.2, 0.25) is 0 Å². The molecule has 3 heteroatoms. The van der Waals surface area contributed by atoms with Crippen LogP contribution in [-0.4, -0.2) is 23.7 Å². The van der Waals surface area contributed by atoms with Crippen LogP contribution in [0, 0.1) is 11.8 Å². The second-order valence-corrected chi connectivity index (χ2v) is 4.82. The van der Waals surface area contributed by atoms with Crippen molar-refractivity contribution < 1.29 is 15.3 Å². The van der Waals surface area contributed by atoms with Gasteiger partial charge in [0.1, 0.15) is 0 Å². The maximum atomic E-state index is 6.00. The van der Waals surface area contributed by atoms with Crippen molar-refractivity contribution in [3.8, 4) is 0 Å². The van der Waals surface area contributed by atoms with Gasteiger partial charge in [0.2, 0.25) is 0 Å². The second kappa shape index (κ2) is 8.08. The van der Waals surface area contributed by atoms with Gasteiger partial charge in [0.25, 0.3) is 0 Å². The van der Waals surface area contributed by atoms with Crippen LogP contribution in [-0.2, 0) is 4.74 Å². The first-order valence-electron chi connectivity index (χ1n) is 6.23. The number of hydrogen-bond donors (Lipinski definition) is 2. The van der Waals surface area contributed by atoms with Gasteiger partial charge in [0, 0.05) is 13.2 Å². The molecule has 0 radical (unpaired) electrons. The topological polar surface area (TPSA) is 49.7 Å². The van der Waals surface area contributed by atoms with E-state index >= 15 is 0 Å². The monoisotopic (exact) mass is 216 g/mol. The molecular weight excluding hydrogens is 192 g/mol. The lowest BCUT2D eigenvalue weighted by Crippen LogP contribution is -2.21. The summed E-state index contributed by atoms with van der Waals surface area (Å²) in [5, 5.41) is 12.0. The van der Waals surface area contributed by atoms with Crippen molar-refractivity contribution in [3.63, 3.8) is 0 Å². The molecule has 0 aromatic carbocycles. The van der Waals surface area contributed by atoms with Gasteiger partial charge >= 0.3 is 0 Å². The molecule has 1 saturated carbocycles. The molecule has 1 atom stereocenters. The molecule has 0 spiro atoms. The van der Waals surface area contributed by atoms with Gasteiger partial charge in [-0.25, -0.2) is 0 Å². The maximum absolute atomic E-state index is 6.00. The van der Waals surface area contributed by atoms with E-state index in [4.69, 9.17) is 15.3 Å². The Balaban J connectivity index is 0.000000531. The highest BCUT2D eigenvalue weighted by molar-refractivity contribution is 4.72. The fourth-order valence-electron chi connectivity index (χ4n) is 2.89. The average molecular weight is 216 g/mol. The minimum Gasteiger partial charge on any atom is -0.381 e. The molecule has 0 bridgehead atoms. The minimum absolute atomic E-state index is 0.900. The molecule has 1 saturated heterocycles. The lowest BCUT2D eigenvalue weighted by atomic mass is 9.81. The third kappa shape index (κ3) is 4.96. The third-order valence-electron chi connectivity index (χ3n) is 3.65. The fraction of sp³-hybridized carbons (Fsp3) is 1.00. The lowest BCUT2D eigenvalue weighted by molar-refractivity contribution is -0.176. The Morgan fingerprint density at radius 2 is 1.53 bits per heavy atom. The summed E-state index contributed by atoms with van der Waals surface area (Å²) in [6.45, 7) is 2.07. The van der Waals surface area contributed by atoms with Gasteiger partial charge < -0.3 is 4.74 Å². The number of hydrogen-bond acceptors (Lipinski definition) is 3. The van der Waals surface area contributed by atoms with Crippen LogP contribution in [0.4, 0.5) is 0 Å². The van der Waals surface area contributed by atoms with Gasteiger partial charge in [-0.05, 0) is 31.1 Å². The average Bonchev–Trinajstić information content (AvgIpc) is 2.34. The van der Waals surface area contributed by atoms with Gasteiger partial charge in [-0.2, -0.15) is 0 Å². The molecule has 15 heavy (non-hydrogen) atoms. The molecule has 2 fully saturated rings. The molecule has 1 aliphatic heterocycles. The zero-order chi connectivity index (χ0) is 10.9. The van der Waals surface area contributed by atoms with Gasteiger partial charge in [-0.3, -0.25) is 10.5 Å². The maximum Gasteiger partial charge on any atom is 0.0494 e. The van der Waals surface area contributed by atoms with E-state index in [2.05, 4.69) is 0 Å². The summed E-state index contributed by atoms with van der Waals surface area (Å²) in [6, 6.07) is 0. The first-order chi connectivity index (χ1) is 7.45. The number of rotatable bonds is 2. The van der Waals surface area contributed by atoms with E-state index in [9.17, 15) is 0 Å². The Bertz CT molecular complexity index is 122. The zero-order valence-corrected chi connectivity index (χ0v) is 9.53. The van der Waals surface area contributed by atoms with E-state index in [1.807, 2.05) is 0 Å². The molecule has 0 amide bonds. The lowest BCUT2D eigenvalue weighted by Gasteiger charge is -2.28. The summed E-state index contributed by atoms with van der Waals surface area (Å²) < 4.78 is 5.52. The fourth-order valence-corrected chi connectivity index (χ4v) is 2.89. The molecule has 2 rings (SSSR count). The number of ether oxygens (including phenoxy) is 1. The predicted octanol–water partition coefficient (Wildman–Crippen LogP) is 3.40. The molecule has 2 N–H and O–H groups in total. The zero-order valence-electron chi connectivity index (χ0n) is 9.53. The standard InChI is InChI=1S/C12H22O.H2O2/c1-2-5-11(6-3-1)9-12-7-4-8-13-10-12;1-2/h11-12H,1-10H2;1-2H. The van der Waals surface area contributed by atoms with E-state index in [-0.39, 0.29) is 0 Å². The van der Waals surface area contributed by atoms with Crippen molar-refractivity contribution in [3.05, 3.63) is 0 Å². The third-order valence-corrected chi connectivity index (χ3v) is 3.65. The summed E-state index contributed by atoms with van der Waals surface area (Å²) in [4.78, 5) is 0. The van der Waals surface area contributed by atoms with Gasteiger partial charge in [0.05, 0.1) is 0 Å². The van der Waals surface area contributed by atoms with Crippen molar-refractivity contribution in [1.82, 2.24) is 0 Å². The Hall–Kier alpha value is -0.120. The molecule has 1 unspecified atom stereocenters. The largest absolute Gasteiger partial charge is 0.381 e. The Morgan fingerprint density at radius 3 is 2.13 bits per heavy atom. The smallest absolute Gasteiger partial charge is 0.0494 e. The summed E-state index contributed by atoms with van der Waals surface area (Å²) in [7, 11) is 0. The van der Waals surface area contributed by atoms with E-state index in [0.29, 0.717) is 0 Å². The summed E-state index contributed by atoms with van der Waals surface area (Å²) >= 11 is 0. The summed E-state index contributed by atoms with van der Waals surface area (Å²) in [5.74, 6) is 1.94. The molecule has 3 nitrogen and oxygen atoms in total. The normalized spacial score (nSPS) is 28.0. The SMILES string of the molecule is C1CCC(CC2CCCOC2)CC1.OO. The van der Waals surface area contributed by atoms with Gasteiger partial charge in [-0.15, -0.1) is 0 Å². The van der Waals surface area contributed by atoms with Crippen LogP contribution >= 0.6 is 0 Å². The highest BCUT2D eigenvalue weighted by atomic mass is 17.0. The molecular formula is C12H24O3. The van der Waals surface area contributed by atoms with Crippen molar-refractivity contribution in [2.75, 3.05) is 13.2 Å². The molecule has 1 heterocycles. The minimum atomic E-state index is 0.900. The van der Waals surface area contributed by atoms with Crippen molar-refractivity contribution in [1.29, 1.82) is 0 Å². The van der Waals surface area contributed by atoms with Crippen LogP contribution in [0.25, 0.3) is 0 Å². The van der Waals surface area contributed by atoms with Gasteiger partial charge in [-0.1, -0.05) is 32.1 Å². The quantitative estimate of drug-likeness (QED) is 0.549. The van der Waals surface area contributed by atoms with Crippen molar-refractivity contribution in [2.24, 2.45) is 11.8 Å². The summed E-state index contributed by atoms with van der Waals surface area (Å²) in [5.41, 5.74) is 0. The Labute approximate surface area is 92.4 Å². The Morgan fingerprint density at radius 1 is 0.867 bits per heavy atom. The van der Waals surface area contributed by atoms with E-state index in [1.54, 1.807) is 0 Å². The van der Waals surface area contributed by atoms with Crippen molar-refractivity contribution in [2.45, 2.75) is 51.4 Å². The molecule has 1 aliphatic carbocycles. The van der Waals surface area contributed by atoms with Crippen LogP contribution in [0.5, 0.6) is 0 Å². The predicted molar refractivity (Wildman–Crippen MR) is 60.0 cm³/mol. The van der Waals surface area contributed by atoms with Crippen LogP contribution in [0.15, 0.2) is 0 Å². The van der Waals surface area contributed by atoms with Crippen molar-refractivity contribution >= 4 is 0 Å². The molecule has 0 aromatic heterocycles.